The smallest absolute Gasteiger partial charge is 0.171 e. The molecule has 0 radical (unpaired) electrons. The lowest BCUT2D eigenvalue weighted by atomic mass is 9.78. The molecule has 2 fully saturated rings. The molecule has 0 amide bonds. The van der Waals surface area contributed by atoms with Crippen LogP contribution in [0.1, 0.15) is 59.4 Å². The van der Waals surface area contributed by atoms with Crippen molar-refractivity contribution >= 4 is 23.2 Å². The lowest BCUT2D eigenvalue weighted by molar-refractivity contribution is -0.224. The summed E-state index contributed by atoms with van der Waals surface area (Å²) < 4.78 is 12.8. The van der Waals surface area contributed by atoms with Crippen molar-refractivity contribution in [3.05, 3.63) is 33.8 Å². The first-order chi connectivity index (χ1) is 13.7. The van der Waals surface area contributed by atoms with Gasteiger partial charge in [-0.15, -0.1) is 0 Å². The van der Waals surface area contributed by atoms with Gasteiger partial charge in [-0.05, 0) is 49.3 Å². The fourth-order valence-electron chi connectivity index (χ4n) is 4.86. The van der Waals surface area contributed by atoms with E-state index in [1.807, 2.05) is 18.2 Å². The highest BCUT2D eigenvalue weighted by molar-refractivity contribution is 6.42. The van der Waals surface area contributed by atoms with Crippen LogP contribution in [0.5, 0.6) is 0 Å². The second-order valence-electron chi connectivity index (χ2n) is 9.81. The first-order valence-electron chi connectivity index (χ1n) is 11.1. The van der Waals surface area contributed by atoms with Gasteiger partial charge in [-0.1, -0.05) is 69.8 Å². The molecule has 0 N–H and O–H groups in total. The molecule has 4 unspecified atom stereocenters. The predicted octanol–water partition coefficient (Wildman–Crippen LogP) is 6.45. The highest BCUT2D eigenvalue weighted by Crippen LogP contribution is 2.43. The molecular weight excluding hydrogens is 405 g/mol. The third-order valence-electron chi connectivity index (χ3n) is 7.11. The molecular formula is C24H37Cl2NO2. The summed E-state index contributed by atoms with van der Waals surface area (Å²) >= 11 is 12.3. The molecule has 0 bridgehead atoms. The Morgan fingerprint density at radius 2 is 1.76 bits per heavy atom. The Morgan fingerprint density at radius 1 is 1.10 bits per heavy atom. The van der Waals surface area contributed by atoms with E-state index in [9.17, 15) is 0 Å². The van der Waals surface area contributed by atoms with E-state index >= 15 is 0 Å². The lowest BCUT2D eigenvalue weighted by Gasteiger charge is -2.41. The van der Waals surface area contributed by atoms with Crippen molar-refractivity contribution in [2.75, 3.05) is 26.2 Å². The minimum atomic E-state index is -0.617. The molecule has 0 spiro atoms. The monoisotopic (exact) mass is 441 g/mol. The summed E-state index contributed by atoms with van der Waals surface area (Å²) in [5.41, 5.74) is 0.951. The van der Waals surface area contributed by atoms with Gasteiger partial charge in [-0.25, -0.2) is 0 Å². The summed E-state index contributed by atoms with van der Waals surface area (Å²) in [5, 5.41) is 1.18. The van der Waals surface area contributed by atoms with E-state index in [-0.39, 0.29) is 11.5 Å². The molecule has 2 aliphatic rings. The average Bonchev–Trinajstić information content (AvgIpc) is 3.06. The number of piperidine rings is 1. The zero-order valence-electron chi connectivity index (χ0n) is 18.6. The molecule has 4 atom stereocenters. The number of halogens is 2. The van der Waals surface area contributed by atoms with E-state index < -0.39 is 5.79 Å². The number of hydrogen-bond acceptors (Lipinski definition) is 3. The molecule has 2 aliphatic heterocycles. The second kappa shape index (κ2) is 9.44. The summed E-state index contributed by atoms with van der Waals surface area (Å²) in [6.45, 7) is 15.1. The fraction of sp³-hybridized carbons (Fsp3) is 0.750. The van der Waals surface area contributed by atoms with Crippen molar-refractivity contribution < 1.29 is 9.47 Å². The van der Waals surface area contributed by atoms with Crippen LogP contribution in [0.2, 0.25) is 10.0 Å². The molecule has 1 aromatic carbocycles. The normalized spacial score (nSPS) is 31.3. The van der Waals surface area contributed by atoms with Crippen molar-refractivity contribution in [3.8, 4) is 0 Å². The minimum Gasteiger partial charge on any atom is -0.347 e. The van der Waals surface area contributed by atoms with Gasteiger partial charge in [0.25, 0.3) is 0 Å². The van der Waals surface area contributed by atoms with Gasteiger partial charge >= 0.3 is 0 Å². The van der Waals surface area contributed by atoms with Crippen molar-refractivity contribution in [3.63, 3.8) is 0 Å². The molecule has 0 aromatic heterocycles. The third kappa shape index (κ3) is 5.49. The summed E-state index contributed by atoms with van der Waals surface area (Å²) in [6, 6.07) is 5.85. The molecule has 164 valence electrons. The standard InChI is InChI=1S/C24H37Cl2NO2/c1-6-17-10-18(7-2)14-27(13-17)15-20-16-28-24(5,29-20)23(3,4)12-19-8-9-21(25)22(26)11-19/h8-9,11,17-18,20H,6-7,10,12-16H2,1-5H3. The number of nitrogens with zero attached hydrogens (tertiary/aromatic N) is 1. The topological polar surface area (TPSA) is 21.7 Å². The summed E-state index contributed by atoms with van der Waals surface area (Å²) in [4.78, 5) is 2.61. The maximum atomic E-state index is 6.56. The first kappa shape index (κ1) is 23.3. The van der Waals surface area contributed by atoms with E-state index in [1.54, 1.807) is 0 Å². The summed E-state index contributed by atoms with van der Waals surface area (Å²) in [5.74, 6) is 1.01. The second-order valence-corrected chi connectivity index (χ2v) is 10.6. The third-order valence-corrected chi connectivity index (χ3v) is 7.85. The molecule has 0 saturated carbocycles. The Labute approximate surface area is 187 Å². The van der Waals surface area contributed by atoms with Crippen molar-refractivity contribution in [2.45, 2.75) is 72.2 Å². The number of benzene rings is 1. The summed E-state index contributed by atoms with van der Waals surface area (Å²) in [7, 11) is 0. The first-order valence-corrected chi connectivity index (χ1v) is 11.9. The Bertz CT molecular complexity index is 683. The Hall–Kier alpha value is -0.320. The molecule has 5 heteroatoms. The quantitative estimate of drug-likeness (QED) is 0.484. The summed E-state index contributed by atoms with van der Waals surface area (Å²) in [6.07, 6.45) is 4.85. The Balaban J connectivity index is 1.62. The highest BCUT2D eigenvalue weighted by atomic mass is 35.5. The zero-order chi connectivity index (χ0) is 21.2. The molecule has 2 heterocycles. The van der Waals surface area contributed by atoms with Crippen LogP contribution < -0.4 is 0 Å². The van der Waals surface area contributed by atoms with Gasteiger partial charge in [0.2, 0.25) is 0 Å². The van der Waals surface area contributed by atoms with E-state index in [4.69, 9.17) is 32.7 Å². The predicted molar refractivity (Wildman–Crippen MR) is 122 cm³/mol. The van der Waals surface area contributed by atoms with Crippen LogP contribution in [0.25, 0.3) is 0 Å². The lowest BCUT2D eigenvalue weighted by Crippen LogP contribution is -2.47. The maximum absolute atomic E-state index is 6.56. The van der Waals surface area contributed by atoms with Crippen molar-refractivity contribution in [2.24, 2.45) is 17.3 Å². The number of ether oxygens (including phenoxy) is 2. The zero-order valence-corrected chi connectivity index (χ0v) is 20.2. The van der Waals surface area contributed by atoms with Crippen LogP contribution in [0.15, 0.2) is 18.2 Å². The SMILES string of the molecule is CCC1CC(CC)CN(CC2COC(C)(C(C)(C)Cc3ccc(Cl)c(Cl)c3)O2)C1. The highest BCUT2D eigenvalue weighted by Gasteiger charge is 2.49. The maximum Gasteiger partial charge on any atom is 0.171 e. The van der Waals surface area contributed by atoms with E-state index in [2.05, 4.69) is 39.5 Å². The number of rotatable bonds is 7. The van der Waals surface area contributed by atoms with Gasteiger partial charge in [-0.3, -0.25) is 0 Å². The van der Waals surface area contributed by atoms with Gasteiger partial charge < -0.3 is 14.4 Å². The average molecular weight is 442 g/mol. The van der Waals surface area contributed by atoms with Gasteiger partial charge in [0.15, 0.2) is 5.79 Å². The van der Waals surface area contributed by atoms with Crippen LogP contribution in [-0.2, 0) is 15.9 Å². The molecule has 29 heavy (non-hydrogen) atoms. The van der Waals surface area contributed by atoms with E-state index in [0.29, 0.717) is 16.7 Å². The van der Waals surface area contributed by atoms with Gasteiger partial charge in [0.1, 0.15) is 0 Å². The van der Waals surface area contributed by atoms with Crippen LogP contribution in [0.4, 0.5) is 0 Å². The van der Waals surface area contributed by atoms with Crippen molar-refractivity contribution in [1.82, 2.24) is 4.90 Å². The number of likely N-dealkylation sites (tertiary alicyclic amines) is 1. The van der Waals surface area contributed by atoms with Crippen molar-refractivity contribution in [1.29, 1.82) is 0 Å². The fourth-order valence-corrected chi connectivity index (χ4v) is 5.18. The molecule has 3 nitrogen and oxygen atoms in total. The largest absolute Gasteiger partial charge is 0.347 e. The van der Waals surface area contributed by atoms with Crippen LogP contribution in [0, 0.1) is 17.3 Å². The van der Waals surface area contributed by atoms with Crippen LogP contribution >= 0.6 is 23.2 Å². The molecule has 0 aliphatic carbocycles. The van der Waals surface area contributed by atoms with Gasteiger partial charge in [0, 0.05) is 25.0 Å². The number of hydrogen-bond donors (Lipinski definition) is 0. The minimum absolute atomic E-state index is 0.126. The van der Waals surface area contributed by atoms with Gasteiger partial charge in [0.05, 0.1) is 22.8 Å². The molecule has 3 rings (SSSR count). The van der Waals surface area contributed by atoms with E-state index in [1.165, 1.54) is 32.4 Å². The molecule has 2 saturated heterocycles. The van der Waals surface area contributed by atoms with E-state index in [0.717, 1.165) is 30.4 Å². The van der Waals surface area contributed by atoms with Gasteiger partial charge in [-0.2, -0.15) is 0 Å². The van der Waals surface area contributed by atoms with Crippen LogP contribution in [-0.4, -0.2) is 43.0 Å². The Morgan fingerprint density at radius 3 is 2.34 bits per heavy atom. The molecule has 1 aromatic rings. The Kier molecular flexibility index (Phi) is 7.60. The van der Waals surface area contributed by atoms with Crippen LogP contribution in [0.3, 0.4) is 0 Å².